The summed E-state index contributed by atoms with van der Waals surface area (Å²) in [5, 5.41) is 3.79. The van der Waals surface area contributed by atoms with Crippen molar-refractivity contribution >= 4 is 0 Å². The number of nitrogens with one attached hydrogen (secondary N) is 1. The Balaban J connectivity index is 1.52. The van der Waals surface area contributed by atoms with E-state index in [2.05, 4.69) is 24.1 Å². The van der Waals surface area contributed by atoms with Crippen LogP contribution in [0.25, 0.3) is 0 Å². The Bertz CT molecular complexity index is 223. The second-order valence-electron chi connectivity index (χ2n) is 6.67. The van der Waals surface area contributed by atoms with Gasteiger partial charge in [-0.2, -0.15) is 0 Å². The molecule has 1 N–H and O–H groups in total. The third-order valence-electron chi connectivity index (χ3n) is 5.13. The molecule has 2 fully saturated rings. The molecular weight excluding hydrogens is 220 g/mol. The minimum Gasteiger partial charge on any atom is -0.314 e. The van der Waals surface area contributed by atoms with E-state index in [0.717, 1.165) is 17.9 Å². The first-order valence-corrected chi connectivity index (χ1v) is 8.21. The van der Waals surface area contributed by atoms with E-state index in [0.29, 0.717) is 0 Å². The number of likely N-dealkylation sites (tertiary alicyclic amines) is 1. The summed E-state index contributed by atoms with van der Waals surface area (Å²) in [5.41, 5.74) is 0. The van der Waals surface area contributed by atoms with Gasteiger partial charge in [0.25, 0.3) is 0 Å². The van der Waals surface area contributed by atoms with Crippen molar-refractivity contribution in [2.75, 3.05) is 26.2 Å². The fraction of sp³-hybridized carbons (Fsp3) is 1.00. The molecule has 0 aromatic heterocycles. The Labute approximate surface area is 114 Å². The van der Waals surface area contributed by atoms with Gasteiger partial charge in [0.2, 0.25) is 0 Å². The van der Waals surface area contributed by atoms with Crippen LogP contribution in [0.5, 0.6) is 0 Å². The van der Waals surface area contributed by atoms with Gasteiger partial charge in [-0.15, -0.1) is 0 Å². The van der Waals surface area contributed by atoms with Crippen LogP contribution in [0.2, 0.25) is 0 Å². The number of rotatable bonds is 5. The average Bonchev–Trinajstić information content (AvgIpc) is 2.40. The van der Waals surface area contributed by atoms with Gasteiger partial charge >= 0.3 is 0 Å². The van der Waals surface area contributed by atoms with E-state index >= 15 is 0 Å². The fourth-order valence-electron chi connectivity index (χ4n) is 3.52. The highest BCUT2D eigenvalue weighted by Crippen LogP contribution is 2.29. The van der Waals surface area contributed by atoms with Crippen LogP contribution in [0.15, 0.2) is 0 Å². The number of piperidine rings is 1. The van der Waals surface area contributed by atoms with Crippen LogP contribution in [-0.4, -0.2) is 37.1 Å². The van der Waals surface area contributed by atoms with Gasteiger partial charge in [0.1, 0.15) is 0 Å². The lowest BCUT2D eigenvalue weighted by molar-refractivity contribution is 0.210. The lowest BCUT2D eigenvalue weighted by Gasteiger charge is -2.33. The van der Waals surface area contributed by atoms with E-state index in [-0.39, 0.29) is 0 Å². The first kappa shape index (κ1) is 14.3. The molecule has 1 aliphatic heterocycles. The van der Waals surface area contributed by atoms with Gasteiger partial charge in [-0.3, -0.25) is 0 Å². The average molecular weight is 252 g/mol. The molecule has 2 aliphatic rings. The standard InChI is InChI=1S/C16H32N2/c1-14-7-8-16(13-15(14)2)17-9-6-12-18-10-4-3-5-11-18/h14-17H,3-13H2,1-2H3. The zero-order valence-corrected chi connectivity index (χ0v) is 12.5. The Hall–Kier alpha value is -0.0800. The first-order chi connectivity index (χ1) is 8.75. The summed E-state index contributed by atoms with van der Waals surface area (Å²) >= 11 is 0. The molecular formula is C16H32N2. The topological polar surface area (TPSA) is 15.3 Å². The zero-order chi connectivity index (χ0) is 12.8. The minimum atomic E-state index is 0.803. The second kappa shape index (κ2) is 7.49. The van der Waals surface area contributed by atoms with E-state index in [1.165, 1.54) is 71.1 Å². The van der Waals surface area contributed by atoms with Crippen LogP contribution >= 0.6 is 0 Å². The quantitative estimate of drug-likeness (QED) is 0.755. The van der Waals surface area contributed by atoms with Crippen molar-refractivity contribution in [1.82, 2.24) is 10.2 Å². The molecule has 3 atom stereocenters. The van der Waals surface area contributed by atoms with Crippen LogP contribution in [-0.2, 0) is 0 Å². The van der Waals surface area contributed by atoms with Crippen molar-refractivity contribution in [2.45, 2.75) is 64.8 Å². The zero-order valence-electron chi connectivity index (χ0n) is 12.5. The molecule has 3 unspecified atom stereocenters. The molecule has 1 heterocycles. The largest absolute Gasteiger partial charge is 0.314 e. The Kier molecular flexibility index (Phi) is 5.97. The SMILES string of the molecule is CC1CCC(NCCCN2CCCCC2)CC1C. The Morgan fingerprint density at radius 3 is 2.50 bits per heavy atom. The van der Waals surface area contributed by atoms with Gasteiger partial charge in [0.05, 0.1) is 0 Å². The summed E-state index contributed by atoms with van der Waals surface area (Å²) in [4.78, 5) is 2.65. The minimum absolute atomic E-state index is 0.803. The number of nitrogens with zero attached hydrogens (tertiary/aromatic N) is 1. The maximum absolute atomic E-state index is 3.79. The molecule has 1 saturated heterocycles. The summed E-state index contributed by atoms with van der Waals surface area (Å²) in [6.45, 7) is 10.1. The molecule has 1 aliphatic carbocycles. The van der Waals surface area contributed by atoms with E-state index in [1.807, 2.05) is 0 Å². The van der Waals surface area contributed by atoms with Gasteiger partial charge in [0.15, 0.2) is 0 Å². The summed E-state index contributed by atoms with van der Waals surface area (Å²) in [7, 11) is 0. The number of hydrogen-bond acceptors (Lipinski definition) is 2. The van der Waals surface area contributed by atoms with Crippen molar-refractivity contribution in [3.8, 4) is 0 Å². The lowest BCUT2D eigenvalue weighted by Crippen LogP contribution is -2.38. The predicted octanol–water partition coefficient (Wildman–Crippen LogP) is 3.28. The van der Waals surface area contributed by atoms with Crippen LogP contribution in [0, 0.1) is 11.8 Å². The fourth-order valence-corrected chi connectivity index (χ4v) is 3.52. The molecule has 18 heavy (non-hydrogen) atoms. The summed E-state index contributed by atoms with van der Waals surface area (Å²) in [6.07, 6.45) is 9.84. The smallest absolute Gasteiger partial charge is 0.00698 e. The second-order valence-corrected chi connectivity index (χ2v) is 6.67. The van der Waals surface area contributed by atoms with Gasteiger partial charge in [-0.05, 0) is 76.5 Å². The molecule has 0 aromatic carbocycles. The Morgan fingerprint density at radius 1 is 1.00 bits per heavy atom. The summed E-state index contributed by atoms with van der Waals surface area (Å²) in [6, 6.07) is 0.803. The maximum Gasteiger partial charge on any atom is 0.00698 e. The molecule has 2 nitrogen and oxygen atoms in total. The maximum atomic E-state index is 3.79. The van der Waals surface area contributed by atoms with Crippen molar-refractivity contribution in [3.63, 3.8) is 0 Å². The molecule has 0 aromatic rings. The molecule has 1 saturated carbocycles. The Morgan fingerprint density at radius 2 is 1.78 bits per heavy atom. The van der Waals surface area contributed by atoms with Crippen LogP contribution < -0.4 is 5.32 Å². The van der Waals surface area contributed by atoms with E-state index in [9.17, 15) is 0 Å². The monoisotopic (exact) mass is 252 g/mol. The summed E-state index contributed by atoms with van der Waals surface area (Å²) in [5.74, 6) is 1.86. The number of hydrogen-bond donors (Lipinski definition) is 1. The molecule has 2 rings (SSSR count). The van der Waals surface area contributed by atoms with Gasteiger partial charge in [-0.25, -0.2) is 0 Å². The third-order valence-corrected chi connectivity index (χ3v) is 5.13. The van der Waals surface area contributed by atoms with E-state index in [4.69, 9.17) is 0 Å². The molecule has 0 amide bonds. The van der Waals surface area contributed by atoms with Crippen molar-refractivity contribution < 1.29 is 0 Å². The first-order valence-electron chi connectivity index (χ1n) is 8.21. The lowest BCUT2D eigenvalue weighted by atomic mass is 9.79. The van der Waals surface area contributed by atoms with Crippen LogP contribution in [0.3, 0.4) is 0 Å². The van der Waals surface area contributed by atoms with E-state index in [1.54, 1.807) is 0 Å². The van der Waals surface area contributed by atoms with Crippen molar-refractivity contribution in [1.29, 1.82) is 0 Å². The molecule has 0 spiro atoms. The van der Waals surface area contributed by atoms with Gasteiger partial charge in [0, 0.05) is 6.04 Å². The highest BCUT2D eigenvalue weighted by Gasteiger charge is 2.23. The summed E-state index contributed by atoms with van der Waals surface area (Å²) < 4.78 is 0. The van der Waals surface area contributed by atoms with E-state index < -0.39 is 0 Å². The predicted molar refractivity (Wildman–Crippen MR) is 78.9 cm³/mol. The van der Waals surface area contributed by atoms with Crippen molar-refractivity contribution in [2.24, 2.45) is 11.8 Å². The normalized spacial score (nSPS) is 34.7. The highest BCUT2D eigenvalue weighted by molar-refractivity contribution is 4.79. The highest BCUT2D eigenvalue weighted by atomic mass is 15.1. The molecule has 2 heteroatoms. The van der Waals surface area contributed by atoms with Crippen LogP contribution in [0.4, 0.5) is 0 Å². The van der Waals surface area contributed by atoms with Crippen LogP contribution in [0.1, 0.15) is 58.8 Å². The van der Waals surface area contributed by atoms with Gasteiger partial charge in [-0.1, -0.05) is 20.3 Å². The molecule has 0 bridgehead atoms. The molecule has 0 radical (unpaired) electrons. The van der Waals surface area contributed by atoms with Gasteiger partial charge < -0.3 is 10.2 Å². The van der Waals surface area contributed by atoms with Crippen molar-refractivity contribution in [3.05, 3.63) is 0 Å². The molecule has 106 valence electrons. The third kappa shape index (κ3) is 4.55.